The van der Waals surface area contributed by atoms with E-state index >= 15 is 0 Å². The Hall–Kier alpha value is -3.41. The highest BCUT2D eigenvalue weighted by Crippen LogP contribution is 2.26. The van der Waals surface area contributed by atoms with Gasteiger partial charge in [0.15, 0.2) is 6.61 Å². The molecule has 0 saturated carbocycles. The maximum atomic E-state index is 12.9. The zero-order valence-corrected chi connectivity index (χ0v) is 16.9. The third-order valence-corrected chi connectivity index (χ3v) is 5.55. The summed E-state index contributed by atoms with van der Waals surface area (Å²) < 4.78 is 5.41. The number of likely N-dealkylation sites (tertiary alicyclic amines) is 1. The summed E-state index contributed by atoms with van der Waals surface area (Å²) in [5, 5.41) is 10.2. The molecule has 0 radical (unpaired) electrons. The molecule has 1 aliphatic heterocycles. The Bertz CT molecular complexity index is 1080. The summed E-state index contributed by atoms with van der Waals surface area (Å²) in [6.45, 7) is 2.47. The number of hydrogen-bond acceptors (Lipinski definition) is 5. The number of phenolic OH excluding ortho intramolecular Hbond substituents is 1. The molecule has 1 N–H and O–H groups in total. The zero-order chi connectivity index (χ0) is 21.1. The Morgan fingerprint density at radius 1 is 1.13 bits per heavy atom. The number of hydrogen-bond donors (Lipinski definition) is 1. The number of aromatic hydroxyl groups is 1. The number of amides is 1. The van der Waals surface area contributed by atoms with Crippen molar-refractivity contribution < 1.29 is 19.4 Å². The maximum Gasteiger partial charge on any atom is 0.339 e. The second-order valence-electron chi connectivity index (χ2n) is 7.63. The second-order valence-corrected chi connectivity index (χ2v) is 7.63. The molecule has 1 fully saturated rings. The van der Waals surface area contributed by atoms with Crippen LogP contribution in [-0.2, 0) is 9.53 Å². The Morgan fingerprint density at radius 3 is 2.67 bits per heavy atom. The summed E-state index contributed by atoms with van der Waals surface area (Å²) in [5.74, 6) is -0.552. The zero-order valence-electron chi connectivity index (χ0n) is 16.9. The van der Waals surface area contributed by atoms with Crippen LogP contribution in [0, 0.1) is 0 Å². The fourth-order valence-corrected chi connectivity index (χ4v) is 3.88. The van der Waals surface area contributed by atoms with E-state index in [1.807, 2.05) is 31.2 Å². The van der Waals surface area contributed by atoms with Crippen molar-refractivity contribution in [1.29, 1.82) is 0 Å². The number of piperidine rings is 1. The molecular formula is C24H24N2O4. The van der Waals surface area contributed by atoms with Gasteiger partial charge in [-0.2, -0.15) is 0 Å². The number of fused-ring (bicyclic) bond motifs is 1. The molecule has 1 saturated heterocycles. The first-order valence-electron chi connectivity index (χ1n) is 10.2. The van der Waals surface area contributed by atoms with E-state index in [1.165, 1.54) is 0 Å². The van der Waals surface area contributed by atoms with E-state index in [4.69, 9.17) is 4.74 Å². The number of para-hydroxylation sites is 1. The van der Waals surface area contributed by atoms with Gasteiger partial charge in [-0.05, 0) is 62.6 Å². The molecule has 1 aromatic heterocycles. The molecule has 4 rings (SSSR count). The monoisotopic (exact) mass is 404 g/mol. The van der Waals surface area contributed by atoms with Gasteiger partial charge in [-0.3, -0.25) is 4.79 Å². The number of ether oxygens (including phenoxy) is 1. The van der Waals surface area contributed by atoms with Crippen molar-refractivity contribution in [1.82, 2.24) is 9.88 Å². The van der Waals surface area contributed by atoms with Crippen LogP contribution in [0.15, 0.2) is 54.6 Å². The Balaban J connectivity index is 1.59. The van der Waals surface area contributed by atoms with Crippen molar-refractivity contribution in [2.75, 3.05) is 13.2 Å². The van der Waals surface area contributed by atoms with E-state index in [0.717, 1.165) is 24.8 Å². The third-order valence-electron chi connectivity index (χ3n) is 5.55. The molecule has 6 heteroatoms. The molecule has 3 aromatic rings. The largest absolute Gasteiger partial charge is 0.508 e. The number of carbonyl (C=O) groups excluding carboxylic acids is 2. The minimum absolute atomic E-state index is 0.157. The van der Waals surface area contributed by atoms with E-state index in [1.54, 1.807) is 35.2 Å². The molecule has 1 aliphatic rings. The summed E-state index contributed by atoms with van der Waals surface area (Å²) in [4.78, 5) is 31.9. The van der Waals surface area contributed by atoms with Crippen molar-refractivity contribution in [3.05, 3.63) is 60.2 Å². The van der Waals surface area contributed by atoms with E-state index in [-0.39, 0.29) is 24.3 Å². The Kier molecular flexibility index (Phi) is 5.65. The van der Waals surface area contributed by atoms with Crippen LogP contribution in [0.3, 0.4) is 0 Å². The lowest BCUT2D eigenvalue weighted by Gasteiger charge is -2.33. The van der Waals surface area contributed by atoms with Gasteiger partial charge in [-0.1, -0.05) is 18.2 Å². The highest BCUT2D eigenvalue weighted by atomic mass is 16.5. The van der Waals surface area contributed by atoms with Crippen LogP contribution in [0.2, 0.25) is 0 Å². The summed E-state index contributed by atoms with van der Waals surface area (Å²) in [7, 11) is 0. The molecule has 30 heavy (non-hydrogen) atoms. The van der Waals surface area contributed by atoms with Gasteiger partial charge in [0.25, 0.3) is 5.91 Å². The number of pyridine rings is 1. The first-order chi connectivity index (χ1) is 14.5. The fraction of sp³-hybridized carbons (Fsp3) is 0.292. The minimum atomic E-state index is -0.549. The number of phenols is 1. The Labute approximate surface area is 175 Å². The summed E-state index contributed by atoms with van der Waals surface area (Å²) in [5.41, 5.74) is 2.39. The van der Waals surface area contributed by atoms with Gasteiger partial charge >= 0.3 is 5.97 Å². The molecule has 0 aliphatic carbocycles. The number of rotatable bonds is 4. The van der Waals surface area contributed by atoms with E-state index in [9.17, 15) is 14.7 Å². The van der Waals surface area contributed by atoms with Gasteiger partial charge < -0.3 is 14.7 Å². The molecule has 0 bridgehead atoms. The smallest absolute Gasteiger partial charge is 0.339 e. The minimum Gasteiger partial charge on any atom is -0.508 e. The standard InChI is InChI=1S/C24H24N2O4/c1-16-6-4-5-13-26(16)23(28)15-30-24(29)20-14-22(17-9-11-18(27)12-10-17)25-21-8-3-2-7-19(20)21/h2-3,7-12,14,16,27H,4-6,13,15H2,1H3/t16-/m1/s1. The van der Waals surface area contributed by atoms with Crippen LogP contribution in [0.25, 0.3) is 22.2 Å². The van der Waals surface area contributed by atoms with Gasteiger partial charge in [0, 0.05) is 23.5 Å². The molecule has 1 atom stereocenters. The predicted molar refractivity (Wildman–Crippen MR) is 114 cm³/mol. The first-order valence-corrected chi connectivity index (χ1v) is 10.2. The SMILES string of the molecule is C[C@@H]1CCCCN1C(=O)COC(=O)c1cc(-c2ccc(O)cc2)nc2ccccc12. The molecule has 1 amide bonds. The molecule has 0 unspecified atom stereocenters. The number of benzene rings is 2. The molecule has 6 nitrogen and oxygen atoms in total. The average molecular weight is 404 g/mol. The van der Waals surface area contributed by atoms with Crippen molar-refractivity contribution in [3.8, 4) is 17.0 Å². The van der Waals surface area contributed by atoms with Gasteiger partial charge in [0.05, 0.1) is 16.8 Å². The molecule has 0 spiro atoms. The number of aromatic nitrogens is 1. The van der Waals surface area contributed by atoms with Crippen molar-refractivity contribution in [2.24, 2.45) is 0 Å². The second kappa shape index (κ2) is 8.53. The van der Waals surface area contributed by atoms with Crippen LogP contribution in [0.5, 0.6) is 5.75 Å². The van der Waals surface area contributed by atoms with Crippen molar-refractivity contribution in [2.45, 2.75) is 32.2 Å². The summed E-state index contributed by atoms with van der Waals surface area (Å²) in [6, 6.07) is 15.8. The lowest BCUT2D eigenvalue weighted by molar-refractivity contribution is -0.137. The van der Waals surface area contributed by atoms with Crippen LogP contribution >= 0.6 is 0 Å². The highest BCUT2D eigenvalue weighted by molar-refractivity contribution is 6.05. The van der Waals surface area contributed by atoms with Gasteiger partial charge in [-0.15, -0.1) is 0 Å². The van der Waals surface area contributed by atoms with Crippen LogP contribution in [0.1, 0.15) is 36.5 Å². The normalized spacial score (nSPS) is 16.4. The number of nitrogens with zero attached hydrogens (tertiary/aromatic N) is 2. The van der Waals surface area contributed by atoms with Crippen LogP contribution in [0.4, 0.5) is 0 Å². The van der Waals surface area contributed by atoms with E-state index in [2.05, 4.69) is 4.98 Å². The van der Waals surface area contributed by atoms with Crippen molar-refractivity contribution >= 4 is 22.8 Å². The van der Waals surface area contributed by atoms with Gasteiger partial charge in [0.2, 0.25) is 0 Å². The summed E-state index contributed by atoms with van der Waals surface area (Å²) >= 11 is 0. The fourth-order valence-electron chi connectivity index (χ4n) is 3.88. The predicted octanol–water partition coefficient (Wildman–Crippen LogP) is 4.17. The van der Waals surface area contributed by atoms with Crippen molar-refractivity contribution in [3.63, 3.8) is 0 Å². The number of carbonyl (C=O) groups is 2. The molecular weight excluding hydrogens is 380 g/mol. The molecule has 2 aromatic carbocycles. The third kappa shape index (κ3) is 4.13. The topological polar surface area (TPSA) is 79.7 Å². The van der Waals surface area contributed by atoms with Crippen LogP contribution in [-0.4, -0.2) is 46.1 Å². The quantitative estimate of drug-likeness (QED) is 0.661. The summed E-state index contributed by atoms with van der Waals surface area (Å²) in [6.07, 6.45) is 3.08. The lowest BCUT2D eigenvalue weighted by Crippen LogP contribution is -2.44. The molecule has 154 valence electrons. The van der Waals surface area contributed by atoms with E-state index in [0.29, 0.717) is 28.7 Å². The van der Waals surface area contributed by atoms with Crippen LogP contribution < -0.4 is 0 Å². The lowest BCUT2D eigenvalue weighted by atomic mass is 10.0. The van der Waals surface area contributed by atoms with Gasteiger partial charge in [0.1, 0.15) is 5.75 Å². The Morgan fingerprint density at radius 2 is 1.90 bits per heavy atom. The van der Waals surface area contributed by atoms with E-state index < -0.39 is 5.97 Å². The average Bonchev–Trinajstić information content (AvgIpc) is 2.77. The molecule has 2 heterocycles. The van der Waals surface area contributed by atoms with Gasteiger partial charge in [-0.25, -0.2) is 9.78 Å². The number of esters is 1. The highest BCUT2D eigenvalue weighted by Gasteiger charge is 2.24. The first kappa shape index (κ1) is 19.9. The maximum absolute atomic E-state index is 12.9.